The molecular weight excluding hydrogens is 398 g/mol. The predicted octanol–water partition coefficient (Wildman–Crippen LogP) is -4.69. The van der Waals surface area contributed by atoms with Crippen molar-refractivity contribution in [3.05, 3.63) is 24.3 Å². The maximum atomic E-state index is 2.99. The number of halogens is 2. The third-order valence-corrected chi connectivity index (χ3v) is 0.586. The summed E-state index contributed by atoms with van der Waals surface area (Å²) in [5.74, 6) is 0. The van der Waals surface area contributed by atoms with Gasteiger partial charge in [0.25, 0.3) is 0 Å². The Balaban J connectivity index is -0.0000000833. The molecule has 0 nitrogen and oxygen atoms in total. The van der Waals surface area contributed by atoms with E-state index in [2.05, 4.69) is 12.2 Å². The van der Waals surface area contributed by atoms with E-state index in [4.69, 9.17) is 0 Å². The van der Waals surface area contributed by atoms with Crippen LogP contribution in [0.4, 0.5) is 0 Å². The Labute approximate surface area is 89.7 Å². The summed E-state index contributed by atoms with van der Waals surface area (Å²) in [5.41, 5.74) is 0. The minimum Gasteiger partial charge on any atom is -1.00 e. The van der Waals surface area contributed by atoms with Gasteiger partial charge in [0.1, 0.15) is 0 Å². The summed E-state index contributed by atoms with van der Waals surface area (Å²) >= 11 is 0. The number of hydrogen-bond acceptors (Lipinski definition) is 0. The molecule has 3 heteroatoms. The van der Waals surface area contributed by atoms with Gasteiger partial charge in [0.2, 0.25) is 0 Å². The van der Waals surface area contributed by atoms with Crippen molar-refractivity contribution < 1.29 is 59.8 Å². The van der Waals surface area contributed by atoms with E-state index in [1.165, 1.54) is 0 Å². The Hall–Kier alpha value is 1.31. The van der Waals surface area contributed by atoms with Crippen LogP contribution < -0.4 is 34.0 Å². The molecule has 0 N–H and O–H groups in total. The van der Waals surface area contributed by atoms with Gasteiger partial charge in [-0.2, -0.15) is 6.08 Å². The zero-order chi connectivity index (χ0) is 3.54. The van der Waals surface area contributed by atoms with Gasteiger partial charge in [0.05, 0.1) is 0 Å². The fourth-order valence-corrected chi connectivity index (χ4v) is 0.340. The average molecular weight is 403 g/mol. The molecule has 0 aromatic carbocycles. The van der Waals surface area contributed by atoms with Crippen molar-refractivity contribution >= 4 is 0 Å². The van der Waals surface area contributed by atoms with Crippen molar-refractivity contribution in [3.63, 3.8) is 0 Å². The first-order chi connectivity index (χ1) is 2.50. The van der Waals surface area contributed by atoms with Crippen LogP contribution in [0.25, 0.3) is 0 Å². The third-order valence-electron chi connectivity index (χ3n) is 0.586. The van der Waals surface area contributed by atoms with Crippen LogP contribution in [0, 0.1) is 6.08 Å². The standard InChI is InChI=1S/C5H5.2BrH.Hf/c1-2-4-5-3-1;;;/h1-3H,4H2;2*1H;/q-1;;;/p-2. The van der Waals surface area contributed by atoms with Crippen LogP contribution in [0.15, 0.2) is 18.2 Å². The molecule has 0 aromatic rings. The predicted molar refractivity (Wildman–Crippen MR) is 21.6 cm³/mol. The second kappa shape index (κ2) is 11.2. The van der Waals surface area contributed by atoms with Crippen molar-refractivity contribution in [3.8, 4) is 0 Å². The maximum Gasteiger partial charge on any atom is 0 e. The number of allylic oxidation sites excluding steroid dienone is 4. The topological polar surface area (TPSA) is 0 Å². The largest absolute Gasteiger partial charge is 1.00 e. The molecular formula is C5H5Br2Hf-3. The summed E-state index contributed by atoms with van der Waals surface area (Å²) < 4.78 is 0. The van der Waals surface area contributed by atoms with E-state index in [-0.39, 0.29) is 59.8 Å². The van der Waals surface area contributed by atoms with Gasteiger partial charge in [-0.05, 0) is 0 Å². The molecule has 0 saturated heterocycles. The molecule has 46 valence electrons. The van der Waals surface area contributed by atoms with Gasteiger partial charge in [0, 0.05) is 25.8 Å². The van der Waals surface area contributed by atoms with E-state index >= 15 is 0 Å². The van der Waals surface area contributed by atoms with Gasteiger partial charge in [-0.15, -0.1) is 6.42 Å². The van der Waals surface area contributed by atoms with E-state index in [1.54, 1.807) is 0 Å². The van der Waals surface area contributed by atoms with Crippen molar-refractivity contribution in [2.45, 2.75) is 6.42 Å². The third kappa shape index (κ3) is 7.31. The molecule has 0 atom stereocenters. The average Bonchev–Trinajstić information content (AvgIpc) is 1.76. The van der Waals surface area contributed by atoms with Crippen molar-refractivity contribution in [2.24, 2.45) is 0 Å². The molecule has 1 rings (SSSR count). The molecule has 0 heterocycles. The normalized spacial score (nSPS) is 11.0. The zero-order valence-electron chi connectivity index (χ0n) is 4.20. The van der Waals surface area contributed by atoms with Gasteiger partial charge >= 0.3 is 0 Å². The summed E-state index contributed by atoms with van der Waals surface area (Å²) in [4.78, 5) is 0. The molecule has 1 aliphatic rings. The Morgan fingerprint density at radius 2 is 1.88 bits per heavy atom. The fraction of sp³-hybridized carbons (Fsp3) is 0.200. The number of hydrogen-bond donors (Lipinski definition) is 0. The molecule has 0 saturated carbocycles. The minimum absolute atomic E-state index is 0. The Morgan fingerprint density at radius 3 is 2.00 bits per heavy atom. The molecule has 0 spiro atoms. The maximum absolute atomic E-state index is 2.99. The molecule has 0 amide bonds. The molecule has 0 fully saturated rings. The Kier molecular flexibility index (Phi) is 22.5. The molecule has 0 aromatic heterocycles. The first kappa shape index (κ1) is 16.1. The molecule has 0 radical (unpaired) electrons. The fourth-order valence-electron chi connectivity index (χ4n) is 0.340. The van der Waals surface area contributed by atoms with Crippen LogP contribution in [0.1, 0.15) is 6.42 Å². The van der Waals surface area contributed by atoms with E-state index in [1.807, 2.05) is 12.2 Å². The zero-order valence-corrected chi connectivity index (χ0v) is 11.0. The van der Waals surface area contributed by atoms with Crippen LogP contribution in [0.5, 0.6) is 0 Å². The van der Waals surface area contributed by atoms with Crippen molar-refractivity contribution in [1.29, 1.82) is 0 Å². The van der Waals surface area contributed by atoms with E-state index in [9.17, 15) is 0 Å². The molecule has 8 heavy (non-hydrogen) atoms. The van der Waals surface area contributed by atoms with Crippen LogP contribution in [-0.2, 0) is 25.8 Å². The second-order valence-corrected chi connectivity index (χ2v) is 1.00. The van der Waals surface area contributed by atoms with Crippen molar-refractivity contribution in [2.75, 3.05) is 0 Å². The molecule has 0 bridgehead atoms. The summed E-state index contributed by atoms with van der Waals surface area (Å²) in [6.07, 6.45) is 10.0. The van der Waals surface area contributed by atoms with Gasteiger partial charge in [-0.25, -0.2) is 12.2 Å². The molecule has 1 aliphatic carbocycles. The van der Waals surface area contributed by atoms with E-state index in [0.29, 0.717) is 0 Å². The van der Waals surface area contributed by atoms with Crippen LogP contribution in [-0.4, -0.2) is 0 Å². The van der Waals surface area contributed by atoms with Crippen LogP contribution in [0.3, 0.4) is 0 Å². The van der Waals surface area contributed by atoms with Gasteiger partial charge in [-0.3, -0.25) is 6.08 Å². The number of rotatable bonds is 0. The first-order valence-corrected chi connectivity index (χ1v) is 1.72. The summed E-state index contributed by atoms with van der Waals surface area (Å²) in [7, 11) is 0. The quantitative estimate of drug-likeness (QED) is 0.282. The van der Waals surface area contributed by atoms with Crippen LogP contribution >= 0.6 is 0 Å². The van der Waals surface area contributed by atoms with Crippen molar-refractivity contribution in [1.82, 2.24) is 0 Å². The van der Waals surface area contributed by atoms with Crippen LogP contribution in [0.2, 0.25) is 0 Å². The van der Waals surface area contributed by atoms with Gasteiger partial charge < -0.3 is 34.0 Å². The summed E-state index contributed by atoms with van der Waals surface area (Å²) in [5, 5.41) is 0. The second-order valence-electron chi connectivity index (χ2n) is 1.00. The SMILES string of the molecule is [Br-].[Br-].[C-]1=CC=CC1.[Hf]. The molecule has 0 unspecified atom stereocenters. The first-order valence-electron chi connectivity index (χ1n) is 1.72. The molecule has 0 aliphatic heterocycles. The Morgan fingerprint density at radius 1 is 1.25 bits per heavy atom. The van der Waals surface area contributed by atoms with Gasteiger partial charge in [0.15, 0.2) is 0 Å². The van der Waals surface area contributed by atoms with Gasteiger partial charge in [-0.1, -0.05) is 0 Å². The smallest absolute Gasteiger partial charge is 0 e. The summed E-state index contributed by atoms with van der Waals surface area (Å²) in [6, 6.07) is 0. The minimum atomic E-state index is 0. The monoisotopic (exact) mass is 403 g/mol. The summed E-state index contributed by atoms with van der Waals surface area (Å²) in [6.45, 7) is 0. The Bertz CT molecular complexity index is 68.5. The van der Waals surface area contributed by atoms with E-state index < -0.39 is 0 Å². The van der Waals surface area contributed by atoms with E-state index in [0.717, 1.165) is 6.42 Å².